The van der Waals surface area contributed by atoms with E-state index in [1.807, 2.05) is 18.2 Å². The number of ether oxygens (including phenoxy) is 2. The highest BCUT2D eigenvalue weighted by atomic mass is 16.6. The van der Waals surface area contributed by atoms with Crippen LogP contribution in [0.1, 0.15) is 34.0 Å². The predicted octanol–water partition coefficient (Wildman–Crippen LogP) is 4.46. The fourth-order valence-corrected chi connectivity index (χ4v) is 3.88. The van der Waals surface area contributed by atoms with Crippen LogP contribution in [-0.2, 0) is 4.79 Å². The Hall–Kier alpha value is -4.57. The van der Waals surface area contributed by atoms with Crippen LogP contribution in [0.5, 0.6) is 11.5 Å². The first-order valence-electron chi connectivity index (χ1n) is 10.4. The molecule has 0 saturated heterocycles. The molecule has 3 aromatic carbocycles. The molecule has 0 atom stereocenters. The van der Waals surface area contributed by atoms with Crippen LogP contribution in [0.15, 0.2) is 60.7 Å². The summed E-state index contributed by atoms with van der Waals surface area (Å²) in [5.41, 5.74) is 4.70. The molecule has 7 heteroatoms. The van der Waals surface area contributed by atoms with E-state index in [9.17, 15) is 9.59 Å². The van der Waals surface area contributed by atoms with Gasteiger partial charge in [0.15, 0.2) is 17.3 Å². The van der Waals surface area contributed by atoms with Crippen LogP contribution in [-0.4, -0.2) is 24.9 Å². The highest BCUT2D eigenvalue weighted by Gasteiger charge is 2.29. The van der Waals surface area contributed by atoms with Gasteiger partial charge in [-0.25, -0.2) is 0 Å². The summed E-state index contributed by atoms with van der Waals surface area (Å²) in [6, 6.07) is 19.7. The Balaban J connectivity index is 1.69. The van der Waals surface area contributed by atoms with Gasteiger partial charge in [-0.3, -0.25) is 9.59 Å². The van der Waals surface area contributed by atoms with Gasteiger partial charge in [-0.15, -0.1) is 0 Å². The second-order valence-corrected chi connectivity index (χ2v) is 7.69. The number of anilines is 2. The molecule has 2 heterocycles. The molecule has 2 N–H and O–H groups in total. The van der Waals surface area contributed by atoms with Gasteiger partial charge in [0.1, 0.15) is 13.2 Å². The second-order valence-electron chi connectivity index (χ2n) is 7.69. The lowest BCUT2D eigenvalue weighted by atomic mass is 9.97. The minimum atomic E-state index is -0.281. The molecule has 33 heavy (non-hydrogen) atoms. The van der Waals surface area contributed by atoms with Gasteiger partial charge < -0.3 is 20.1 Å². The summed E-state index contributed by atoms with van der Waals surface area (Å²) in [5, 5.41) is 15.3. The van der Waals surface area contributed by atoms with E-state index < -0.39 is 0 Å². The van der Waals surface area contributed by atoms with Crippen molar-refractivity contribution >= 4 is 34.3 Å². The van der Waals surface area contributed by atoms with Crippen molar-refractivity contribution in [1.82, 2.24) is 0 Å². The van der Waals surface area contributed by atoms with Crippen molar-refractivity contribution in [1.29, 1.82) is 5.26 Å². The Labute approximate surface area is 190 Å². The van der Waals surface area contributed by atoms with Gasteiger partial charge in [0.2, 0.25) is 0 Å². The molecule has 7 nitrogen and oxygen atoms in total. The molecule has 0 bridgehead atoms. The average Bonchev–Trinajstić information content (AvgIpc) is 3.17. The zero-order chi connectivity index (χ0) is 22.9. The molecule has 0 aromatic heterocycles. The summed E-state index contributed by atoms with van der Waals surface area (Å²) in [6.07, 6.45) is 0. The van der Waals surface area contributed by atoms with Gasteiger partial charge in [-0.1, -0.05) is 0 Å². The van der Waals surface area contributed by atoms with Gasteiger partial charge >= 0.3 is 0 Å². The maximum Gasteiger partial charge on any atom is 0.258 e. The van der Waals surface area contributed by atoms with Crippen LogP contribution >= 0.6 is 0 Å². The van der Waals surface area contributed by atoms with Gasteiger partial charge in [0.05, 0.1) is 22.9 Å². The van der Waals surface area contributed by atoms with Crippen molar-refractivity contribution in [3.05, 3.63) is 82.9 Å². The van der Waals surface area contributed by atoms with Crippen LogP contribution in [0.2, 0.25) is 0 Å². The second kappa shape index (κ2) is 8.17. The van der Waals surface area contributed by atoms with E-state index in [4.69, 9.17) is 14.7 Å². The van der Waals surface area contributed by atoms with E-state index in [-0.39, 0.29) is 11.7 Å². The number of nitrogens with zero attached hydrogens (tertiary/aromatic N) is 1. The number of nitriles is 1. The van der Waals surface area contributed by atoms with E-state index in [2.05, 4.69) is 16.7 Å². The third-order valence-corrected chi connectivity index (χ3v) is 5.53. The normalized spacial score (nSPS) is 15.2. The summed E-state index contributed by atoms with van der Waals surface area (Å²) in [4.78, 5) is 25.1. The lowest BCUT2D eigenvalue weighted by Crippen LogP contribution is -2.16. The van der Waals surface area contributed by atoms with Gasteiger partial charge in [-0.05, 0) is 67.6 Å². The topological polar surface area (TPSA) is 100 Å². The van der Waals surface area contributed by atoms with Gasteiger partial charge in [0.25, 0.3) is 5.91 Å². The summed E-state index contributed by atoms with van der Waals surface area (Å²) in [7, 11) is 0. The summed E-state index contributed by atoms with van der Waals surface area (Å²) in [6.45, 7) is 2.41. The smallest absolute Gasteiger partial charge is 0.258 e. The number of carbonyl (C=O) groups excluding carboxylic acids is 2. The monoisotopic (exact) mass is 437 g/mol. The molecule has 0 radical (unpaired) electrons. The number of hydrogen-bond acceptors (Lipinski definition) is 6. The maximum atomic E-state index is 13.1. The lowest BCUT2D eigenvalue weighted by Gasteiger charge is -2.21. The quantitative estimate of drug-likeness (QED) is 0.462. The van der Waals surface area contributed by atoms with E-state index >= 15 is 0 Å². The zero-order valence-electron chi connectivity index (χ0n) is 17.8. The summed E-state index contributed by atoms with van der Waals surface area (Å²) >= 11 is 0. The molecule has 5 rings (SSSR count). The van der Waals surface area contributed by atoms with Crippen molar-refractivity contribution in [2.75, 3.05) is 23.8 Å². The standard InChI is InChI=1S/C26H19N3O4/c1-15(30)17-4-8-21-20(12-17)24(26(31)29-21)25(28-19-6-2-16(14-27)3-7-19)18-5-9-22-23(13-18)33-11-10-32-22/h2-9,12-13,28H,10-11H2,1H3,(H,29,31)/b25-24+. The average molecular weight is 437 g/mol. The van der Waals surface area contributed by atoms with E-state index in [0.717, 1.165) is 5.56 Å². The van der Waals surface area contributed by atoms with E-state index in [0.29, 0.717) is 64.0 Å². The number of fused-ring (bicyclic) bond motifs is 2. The molecular weight excluding hydrogens is 418 g/mol. The fraction of sp³-hybridized carbons (Fsp3) is 0.115. The molecule has 0 spiro atoms. The minimum Gasteiger partial charge on any atom is -0.486 e. The Morgan fingerprint density at radius 1 is 0.970 bits per heavy atom. The number of amides is 1. The molecule has 1 amide bonds. The lowest BCUT2D eigenvalue weighted by molar-refractivity contribution is -0.110. The Morgan fingerprint density at radius 3 is 2.42 bits per heavy atom. The molecule has 0 aliphatic carbocycles. The number of ketones is 1. The minimum absolute atomic E-state index is 0.0857. The first kappa shape index (κ1) is 20.3. The third-order valence-electron chi connectivity index (χ3n) is 5.53. The fourth-order valence-electron chi connectivity index (χ4n) is 3.88. The SMILES string of the molecule is CC(=O)c1ccc2c(c1)/C(=C(\Nc1ccc(C#N)cc1)c1ccc3c(c1)OCCO3)C(=O)N2. The van der Waals surface area contributed by atoms with Crippen molar-refractivity contribution in [3.8, 4) is 17.6 Å². The predicted molar refractivity (Wildman–Crippen MR) is 124 cm³/mol. The third kappa shape index (κ3) is 3.79. The number of nitrogens with one attached hydrogen (secondary N) is 2. The summed E-state index contributed by atoms with van der Waals surface area (Å²) < 4.78 is 11.4. The van der Waals surface area contributed by atoms with Gasteiger partial charge in [0, 0.05) is 28.1 Å². The van der Waals surface area contributed by atoms with Crippen molar-refractivity contribution < 1.29 is 19.1 Å². The number of rotatable bonds is 4. The first-order valence-corrected chi connectivity index (χ1v) is 10.4. The van der Waals surface area contributed by atoms with Crippen LogP contribution in [0, 0.1) is 11.3 Å². The van der Waals surface area contributed by atoms with Crippen LogP contribution in [0.25, 0.3) is 11.3 Å². The highest BCUT2D eigenvalue weighted by Crippen LogP contribution is 2.40. The molecule has 0 unspecified atom stereocenters. The van der Waals surface area contributed by atoms with Crippen molar-refractivity contribution in [2.45, 2.75) is 6.92 Å². The highest BCUT2D eigenvalue weighted by molar-refractivity contribution is 6.37. The Morgan fingerprint density at radius 2 is 1.70 bits per heavy atom. The van der Waals surface area contributed by atoms with Crippen LogP contribution in [0.3, 0.4) is 0 Å². The Bertz CT molecular complexity index is 1370. The largest absolute Gasteiger partial charge is 0.486 e. The molecule has 0 saturated carbocycles. The number of Topliss-reactive ketones (excluding diaryl/α,β-unsaturated/α-hetero) is 1. The van der Waals surface area contributed by atoms with Crippen molar-refractivity contribution in [3.63, 3.8) is 0 Å². The Kier molecular flexibility index (Phi) is 5.04. The number of benzene rings is 3. The summed E-state index contributed by atoms with van der Waals surface area (Å²) in [5.74, 6) is 0.867. The molecule has 2 aliphatic heterocycles. The van der Waals surface area contributed by atoms with E-state index in [1.165, 1.54) is 6.92 Å². The molecule has 2 aliphatic rings. The van der Waals surface area contributed by atoms with Crippen molar-refractivity contribution in [2.24, 2.45) is 0 Å². The maximum absolute atomic E-state index is 13.1. The first-order chi connectivity index (χ1) is 16.0. The number of carbonyl (C=O) groups is 2. The van der Waals surface area contributed by atoms with Gasteiger partial charge in [-0.2, -0.15) is 5.26 Å². The van der Waals surface area contributed by atoms with Crippen LogP contribution < -0.4 is 20.1 Å². The van der Waals surface area contributed by atoms with E-state index in [1.54, 1.807) is 42.5 Å². The zero-order valence-corrected chi connectivity index (χ0v) is 17.8. The number of hydrogen-bond donors (Lipinski definition) is 2. The molecule has 162 valence electrons. The molecule has 0 fully saturated rings. The molecular formula is C26H19N3O4. The van der Waals surface area contributed by atoms with Crippen LogP contribution in [0.4, 0.5) is 11.4 Å². The molecule has 3 aromatic rings.